The zero-order valence-electron chi connectivity index (χ0n) is 14.2. The van der Waals surface area contributed by atoms with Crippen LogP contribution in [0.2, 0.25) is 0 Å². The van der Waals surface area contributed by atoms with Crippen molar-refractivity contribution in [2.75, 3.05) is 6.61 Å². The fraction of sp³-hybridized carbons (Fsp3) is 0.895. The SMILES string of the molecule is O=C1CCCCCCCCCCCCCCCOC(=O)CC1. The topological polar surface area (TPSA) is 43.4 Å². The van der Waals surface area contributed by atoms with Crippen LogP contribution in [-0.4, -0.2) is 18.4 Å². The molecule has 0 unspecified atom stereocenters. The molecule has 1 fully saturated rings. The standard InChI is InChI=1S/C19H34O3/c20-18-14-12-10-8-6-4-2-1-3-5-7-9-11-13-17-22-19(21)16-15-18/h1-17H2. The van der Waals surface area contributed by atoms with E-state index >= 15 is 0 Å². The van der Waals surface area contributed by atoms with Crippen molar-refractivity contribution < 1.29 is 14.3 Å². The summed E-state index contributed by atoms with van der Waals surface area (Å²) in [5.41, 5.74) is 0. The minimum Gasteiger partial charge on any atom is -0.466 e. The summed E-state index contributed by atoms with van der Waals surface area (Å²) in [5.74, 6) is 0.00843. The van der Waals surface area contributed by atoms with Crippen LogP contribution in [0.5, 0.6) is 0 Å². The van der Waals surface area contributed by atoms with Gasteiger partial charge in [0.25, 0.3) is 0 Å². The van der Waals surface area contributed by atoms with Gasteiger partial charge in [0, 0.05) is 12.8 Å². The van der Waals surface area contributed by atoms with E-state index in [0.29, 0.717) is 19.4 Å². The second-order valence-corrected chi connectivity index (χ2v) is 6.61. The Bertz CT molecular complexity index is 269. The van der Waals surface area contributed by atoms with Crippen molar-refractivity contribution in [1.29, 1.82) is 0 Å². The van der Waals surface area contributed by atoms with Gasteiger partial charge in [-0.25, -0.2) is 0 Å². The van der Waals surface area contributed by atoms with Gasteiger partial charge >= 0.3 is 5.97 Å². The number of ketones is 1. The van der Waals surface area contributed by atoms with E-state index in [0.717, 1.165) is 25.7 Å². The van der Waals surface area contributed by atoms with Crippen LogP contribution in [-0.2, 0) is 14.3 Å². The number of hydrogen-bond acceptors (Lipinski definition) is 3. The molecule has 0 atom stereocenters. The number of Topliss-reactive ketones (excluding diaryl/α,β-unsaturated/α-hetero) is 1. The van der Waals surface area contributed by atoms with Crippen LogP contribution < -0.4 is 0 Å². The van der Waals surface area contributed by atoms with Crippen LogP contribution in [0.15, 0.2) is 0 Å². The molecule has 0 saturated carbocycles. The molecule has 22 heavy (non-hydrogen) atoms. The van der Waals surface area contributed by atoms with Crippen molar-refractivity contribution >= 4 is 11.8 Å². The van der Waals surface area contributed by atoms with E-state index in [1.807, 2.05) is 0 Å². The van der Waals surface area contributed by atoms with Gasteiger partial charge in [-0.05, 0) is 12.8 Å². The molecule has 0 amide bonds. The largest absolute Gasteiger partial charge is 0.466 e. The molecule has 0 spiro atoms. The highest BCUT2D eigenvalue weighted by molar-refractivity contribution is 5.82. The summed E-state index contributed by atoms with van der Waals surface area (Å²) in [6.45, 7) is 0.521. The van der Waals surface area contributed by atoms with Gasteiger partial charge in [0.1, 0.15) is 5.78 Å². The molecule has 1 saturated heterocycles. The number of carbonyl (C=O) groups excluding carboxylic acids is 2. The fourth-order valence-electron chi connectivity index (χ4n) is 2.99. The highest BCUT2D eigenvalue weighted by atomic mass is 16.5. The normalized spacial score (nSPS) is 22.7. The molecule has 0 bridgehead atoms. The predicted octanol–water partition coefficient (Wildman–Crippen LogP) is 5.35. The number of hydrogen-bond donors (Lipinski definition) is 0. The van der Waals surface area contributed by atoms with Gasteiger partial charge in [0.15, 0.2) is 0 Å². The third kappa shape index (κ3) is 11.8. The van der Waals surface area contributed by atoms with Crippen LogP contribution in [0.3, 0.4) is 0 Å². The molecule has 0 aromatic carbocycles. The number of esters is 1. The molecule has 1 rings (SSSR count). The smallest absolute Gasteiger partial charge is 0.306 e. The predicted molar refractivity (Wildman–Crippen MR) is 89.8 cm³/mol. The molecule has 0 N–H and O–H groups in total. The van der Waals surface area contributed by atoms with Crippen LogP contribution in [0.4, 0.5) is 0 Å². The first-order chi connectivity index (χ1) is 10.8. The van der Waals surface area contributed by atoms with E-state index in [1.165, 1.54) is 57.8 Å². The van der Waals surface area contributed by atoms with Crippen molar-refractivity contribution in [3.05, 3.63) is 0 Å². The summed E-state index contributed by atoms with van der Waals surface area (Å²) in [4.78, 5) is 23.2. The molecule has 1 heterocycles. The van der Waals surface area contributed by atoms with Crippen LogP contribution >= 0.6 is 0 Å². The lowest BCUT2D eigenvalue weighted by molar-refractivity contribution is -0.145. The average Bonchev–Trinajstić information content (AvgIpc) is 2.51. The van der Waals surface area contributed by atoms with Crippen molar-refractivity contribution in [3.8, 4) is 0 Å². The lowest BCUT2D eigenvalue weighted by Gasteiger charge is -2.06. The maximum absolute atomic E-state index is 11.7. The highest BCUT2D eigenvalue weighted by Gasteiger charge is 2.08. The number of cyclic esters (lactones) is 1. The minimum absolute atomic E-state index is 0.206. The van der Waals surface area contributed by atoms with Crippen LogP contribution in [0, 0.1) is 0 Å². The zero-order valence-corrected chi connectivity index (χ0v) is 14.2. The highest BCUT2D eigenvalue weighted by Crippen LogP contribution is 2.14. The van der Waals surface area contributed by atoms with E-state index < -0.39 is 0 Å². The van der Waals surface area contributed by atoms with E-state index in [1.54, 1.807) is 0 Å². The Labute approximate surface area is 136 Å². The van der Waals surface area contributed by atoms with Crippen LogP contribution in [0.25, 0.3) is 0 Å². The molecule has 0 aliphatic carbocycles. The van der Waals surface area contributed by atoms with Gasteiger partial charge in [-0.3, -0.25) is 9.59 Å². The van der Waals surface area contributed by atoms with E-state index in [-0.39, 0.29) is 18.2 Å². The maximum Gasteiger partial charge on any atom is 0.306 e. The van der Waals surface area contributed by atoms with Gasteiger partial charge in [-0.1, -0.05) is 70.6 Å². The first-order valence-electron chi connectivity index (χ1n) is 9.46. The summed E-state index contributed by atoms with van der Waals surface area (Å²) in [7, 11) is 0. The minimum atomic E-state index is -0.206. The number of rotatable bonds is 0. The summed E-state index contributed by atoms with van der Waals surface area (Å²) in [5, 5.41) is 0. The lowest BCUT2D eigenvalue weighted by atomic mass is 10.0. The van der Waals surface area contributed by atoms with Crippen molar-refractivity contribution in [3.63, 3.8) is 0 Å². The molecule has 3 nitrogen and oxygen atoms in total. The number of ether oxygens (including phenoxy) is 1. The van der Waals surface area contributed by atoms with Gasteiger partial charge in [0.2, 0.25) is 0 Å². The third-order valence-corrected chi connectivity index (χ3v) is 4.47. The Kier molecular flexibility index (Phi) is 12.0. The van der Waals surface area contributed by atoms with Crippen molar-refractivity contribution in [2.24, 2.45) is 0 Å². The molecule has 1 aliphatic heterocycles. The van der Waals surface area contributed by atoms with E-state index in [9.17, 15) is 9.59 Å². The Morgan fingerprint density at radius 3 is 1.50 bits per heavy atom. The Hall–Kier alpha value is -0.860. The second-order valence-electron chi connectivity index (χ2n) is 6.61. The quantitative estimate of drug-likeness (QED) is 0.566. The maximum atomic E-state index is 11.7. The van der Waals surface area contributed by atoms with Gasteiger partial charge in [0.05, 0.1) is 13.0 Å². The van der Waals surface area contributed by atoms with Gasteiger partial charge in [-0.15, -0.1) is 0 Å². The summed E-state index contributed by atoms with van der Waals surface area (Å²) < 4.78 is 5.18. The van der Waals surface area contributed by atoms with Crippen molar-refractivity contribution in [1.82, 2.24) is 0 Å². The molecule has 3 heteroatoms. The fourth-order valence-corrected chi connectivity index (χ4v) is 2.99. The molecule has 0 radical (unpaired) electrons. The monoisotopic (exact) mass is 310 g/mol. The van der Waals surface area contributed by atoms with Gasteiger partial charge in [-0.2, -0.15) is 0 Å². The molecule has 0 aromatic heterocycles. The number of carbonyl (C=O) groups is 2. The first kappa shape index (κ1) is 19.2. The summed E-state index contributed by atoms with van der Waals surface area (Å²) in [6, 6.07) is 0. The molecular weight excluding hydrogens is 276 g/mol. The Morgan fingerprint density at radius 1 is 0.500 bits per heavy atom. The molecule has 1 aliphatic rings. The lowest BCUT2D eigenvalue weighted by Crippen LogP contribution is -2.09. The molecule has 0 aromatic rings. The molecule has 128 valence electrons. The summed E-state index contributed by atoms with van der Waals surface area (Å²) >= 11 is 0. The third-order valence-electron chi connectivity index (χ3n) is 4.47. The average molecular weight is 310 g/mol. The van der Waals surface area contributed by atoms with E-state index in [4.69, 9.17) is 4.74 Å². The van der Waals surface area contributed by atoms with Crippen LogP contribution in [0.1, 0.15) is 103 Å². The Balaban J connectivity index is 2.19. The molecular formula is C19H34O3. The van der Waals surface area contributed by atoms with Crippen molar-refractivity contribution in [2.45, 2.75) is 103 Å². The van der Waals surface area contributed by atoms with E-state index in [2.05, 4.69) is 0 Å². The second kappa shape index (κ2) is 13.8. The summed E-state index contributed by atoms with van der Waals surface area (Å²) in [6.07, 6.45) is 17.4. The zero-order chi connectivity index (χ0) is 15.9. The first-order valence-corrected chi connectivity index (χ1v) is 9.46. The Morgan fingerprint density at radius 2 is 0.955 bits per heavy atom. The van der Waals surface area contributed by atoms with Gasteiger partial charge < -0.3 is 4.74 Å².